The van der Waals surface area contributed by atoms with E-state index in [9.17, 15) is 0 Å². The molecule has 2 rings (SSSR count). The number of β-amino-alcohol motifs (C(OH)–C–C–N with tert-alkyl or cyclic N) is 1. The molecule has 0 aromatic heterocycles. The van der Waals surface area contributed by atoms with Crippen molar-refractivity contribution in [3.8, 4) is 5.75 Å². The Morgan fingerprint density at radius 3 is 2.29 bits per heavy atom. The molecule has 1 fully saturated rings. The van der Waals surface area contributed by atoms with E-state index in [4.69, 9.17) is 9.84 Å². The van der Waals surface area contributed by atoms with Crippen molar-refractivity contribution in [3.63, 3.8) is 0 Å². The second-order valence-corrected chi connectivity index (χ2v) is 7.74. The summed E-state index contributed by atoms with van der Waals surface area (Å²) in [6.45, 7) is 14.1. The molecule has 136 valence electrons. The Bertz CT molecular complexity index is 477. The Balaban J connectivity index is 1.60. The average molecular weight is 335 g/mol. The van der Waals surface area contributed by atoms with E-state index in [1.165, 1.54) is 12.0 Å². The van der Waals surface area contributed by atoms with Gasteiger partial charge < -0.3 is 14.7 Å². The number of hydrogen-bond donors (Lipinski definition) is 1. The molecule has 4 heteroatoms. The maximum Gasteiger partial charge on any atom is 0.119 e. The van der Waals surface area contributed by atoms with Crippen LogP contribution in [0, 0.1) is 0 Å². The second kappa shape index (κ2) is 9.40. The normalized spacial score (nSPS) is 17.2. The van der Waals surface area contributed by atoms with Gasteiger partial charge in [-0.3, -0.25) is 4.90 Å². The zero-order valence-corrected chi connectivity index (χ0v) is 15.6. The molecule has 1 aliphatic rings. The Morgan fingerprint density at radius 1 is 1.00 bits per heavy atom. The lowest BCUT2D eigenvalue weighted by molar-refractivity contribution is 0.110. The minimum absolute atomic E-state index is 0.164. The Morgan fingerprint density at radius 2 is 1.67 bits per heavy atom. The third-order valence-electron chi connectivity index (χ3n) is 4.72. The molecule has 0 aliphatic carbocycles. The quantitative estimate of drug-likeness (QED) is 0.742. The van der Waals surface area contributed by atoms with E-state index in [2.05, 4.69) is 54.8 Å². The molecule has 0 amide bonds. The second-order valence-electron chi connectivity index (χ2n) is 7.74. The Kier molecular flexibility index (Phi) is 7.53. The van der Waals surface area contributed by atoms with Crippen molar-refractivity contribution in [1.29, 1.82) is 0 Å². The van der Waals surface area contributed by atoms with Crippen molar-refractivity contribution in [3.05, 3.63) is 29.8 Å². The van der Waals surface area contributed by atoms with E-state index in [0.29, 0.717) is 0 Å². The summed E-state index contributed by atoms with van der Waals surface area (Å²) < 4.78 is 5.93. The summed E-state index contributed by atoms with van der Waals surface area (Å²) in [5.74, 6) is 0.986. The largest absolute Gasteiger partial charge is 0.494 e. The summed E-state index contributed by atoms with van der Waals surface area (Å²) in [6.07, 6.45) is 2.27. The molecular formula is C20H34N2O2. The molecule has 0 unspecified atom stereocenters. The Labute approximate surface area is 147 Å². The standard InChI is InChI=1S/C20H34N2O2/c1-20(2,3)18-7-6-8-19(17-18)24-16-5-4-9-21-10-12-22(13-11-21)14-15-23/h6-8,17,23H,4-5,9-16H2,1-3H3. The predicted molar refractivity (Wildman–Crippen MR) is 99.8 cm³/mol. The first-order valence-corrected chi connectivity index (χ1v) is 9.28. The van der Waals surface area contributed by atoms with Gasteiger partial charge in [0.2, 0.25) is 0 Å². The number of nitrogens with zero attached hydrogens (tertiary/aromatic N) is 2. The summed E-state index contributed by atoms with van der Waals surface area (Å²) in [7, 11) is 0. The number of benzene rings is 1. The van der Waals surface area contributed by atoms with Gasteiger partial charge in [0.15, 0.2) is 0 Å². The maximum atomic E-state index is 8.97. The highest BCUT2D eigenvalue weighted by Crippen LogP contribution is 2.25. The van der Waals surface area contributed by atoms with Crippen molar-refractivity contribution in [2.45, 2.75) is 39.0 Å². The maximum absolute atomic E-state index is 8.97. The fourth-order valence-electron chi connectivity index (χ4n) is 3.06. The van der Waals surface area contributed by atoms with Crippen LogP contribution in [0.2, 0.25) is 0 Å². The predicted octanol–water partition coefficient (Wildman–Crippen LogP) is 2.75. The van der Waals surface area contributed by atoms with Gasteiger partial charge in [-0.25, -0.2) is 0 Å². The van der Waals surface area contributed by atoms with E-state index >= 15 is 0 Å². The third-order valence-corrected chi connectivity index (χ3v) is 4.72. The molecule has 1 aromatic rings. The number of aliphatic hydroxyl groups is 1. The van der Waals surface area contributed by atoms with Crippen molar-refractivity contribution in [1.82, 2.24) is 9.80 Å². The van der Waals surface area contributed by atoms with Crippen LogP contribution < -0.4 is 4.74 Å². The van der Waals surface area contributed by atoms with Crippen LogP contribution >= 0.6 is 0 Å². The van der Waals surface area contributed by atoms with Gasteiger partial charge in [-0.2, -0.15) is 0 Å². The van der Waals surface area contributed by atoms with Crippen molar-refractivity contribution in [2.75, 3.05) is 52.5 Å². The Hall–Kier alpha value is -1.10. The number of ether oxygens (including phenoxy) is 1. The first kappa shape index (κ1) is 19.2. The third kappa shape index (κ3) is 6.42. The monoisotopic (exact) mass is 334 g/mol. The fraction of sp³-hybridized carbons (Fsp3) is 0.700. The molecule has 1 N–H and O–H groups in total. The summed E-state index contributed by atoms with van der Waals surface area (Å²) in [5.41, 5.74) is 1.48. The molecule has 0 atom stereocenters. The number of piperazine rings is 1. The first-order valence-electron chi connectivity index (χ1n) is 9.28. The number of rotatable bonds is 8. The zero-order valence-electron chi connectivity index (χ0n) is 15.6. The molecule has 1 aromatic carbocycles. The van der Waals surface area contributed by atoms with E-state index in [0.717, 1.165) is 58.0 Å². The van der Waals surface area contributed by atoms with E-state index < -0.39 is 0 Å². The molecule has 4 nitrogen and oxygen atoms in total. The topological polar surface area (TPSA) is 35.9 Å². The number of aliphatic hydroxyl groups excluding tert-OH is 1. The van der Waals surface area contributed by atoms with E-state index in [1.807, 2.05) is 0 Å². The lowest BCUT2D eigenvalue weighted by Gasteiger charge is -2.34. The van der Waals surface area contributed by atoms with E-state index in [1.54, 1.807) is 0 Å². The van der Waals surface area contributed by atoms with Crippen molar-refractivity contribution in [2.24, 2.45) is 0 Å². The van der Waals surface area contributed by atoms with Crippen LogP contribution in [0.15, 0.2) is 24.3 Å². The highest BCUT2D eigenvalue weighted by Gasteiger charge is 2.16. The van der Waals surface area contributed by atoms with Crippen LogP contribution in [0.3, 0.4) is 0 Å². The average Bonchev–Trinajstić information content (AvgIpc) is 2.56. The van der Waals surface area contributed by atoms with Gasteiger partial charge in [0.1, 0.15) is 5.75 Å². The lowest BCUT2D eigenvalue weighted by Crippen LogP contribution is -2.47. The van der Waals surface area contributed by atoms with Crippen LogP contribution in [0.5, 0.6) is 5.75 Å². The smallest absolute Gasteiger partial charge is 0.119 e. The molecule has 0 radical (unpaired) electrons. The zero-order chi connectivity index (χ0) is 17.4. The number of unbranched alkanes of at least 4 members (excludes halogenated alkanes) is 1. The molecule has 24 heavy (non-hydrogen) atoms. The van der Waals surface area contributed by atoms with Crippen LogP contribution in [-0.2, 0) is 5.41 Å². The summed E-state index contributed by atoms with van der Waals surface area (Å²) in [4.78, 5) is 4.86. The first-order chi connectivity index (χ1) is 11.5. The SMILES string of the molecule is CC(C)(C)c1cccc(OCCCCN2CCN(CCO)CC2)c1. The van der Waals surface area contributed by atoms with Crippen molar-refractivity contribution >= 4 is 0 Å². The minimum atomic E-state index is 0.164. The van der Waals surface area contributed by atoms with Crippen LogP contribution in [0.4, 0.5) is 0 Å². The van der Waals surface area contributed by atoms with E-state index in [-0.39, 0.29) is 12.0 Å². The van der Waals surface area contributed by atoms with Crippen LogP contribution in [0.1, 0.15) is 39.2 Å². The van der Waals surface area contributed by atoms with Crippen molar-refractivity contribution < 1.29 is 9.84 Å². The van der Waals surface area contributed by atoms with Gasteiger partial charge >= 0.3 is 0 Å². The highest BCUT2D eigenvalue weighted by molar-refractivity contribution is 5.32. The number of hydrogen-bond acceptors (Lipinski definition) is 4. The van der Waals surface area contributed by atoms with Gasteiger partial charge in [-0.15, -0.1) is 0 Å². The molecule has 0 bridgehead atoms. The molecule has 1 saturated heterocycles. The highest BCUT2D eigenvalue weighted by atomic mass is 16.5. The summed E-state index contributed by atoms with van der Waals surface area (Å²) in [6, 6.07) is 8.47. The van der Waals surface area contributed by atoms with Gasteiger partial charge in [0, 0.05) is 32.7 Å². The van der Waals surface area contributed by atoms with Gasteiger partial charge in [-0.05, 0) is 42.5 Å². The minimum Gasteiger partial charge on any atom is -0.494 e. The van der Waals surface area contributed by atoms with Crippen LogP contribution in [0.25, 0.3) is 0 Å². The van der Waals surface area contributed by atoms with Gasteiger partial charge in [-0.1, -0.05) is 32.9 Å². The molecular weight excluding hydrogens is 300 g/mol. The summed E-state index contributed by atoms with van der Waals surface area (Å²) >= 11 is 0. The fourth-order valence-corrected chi connectivity index (χ4v) is 3.06. The molecule has 0 spiro atoms. The molecule has 1 aliphatic heterocycles. The molecule has 0 saturated carbocycles. The van der Waals surface area contributed by atoms with Gasteiger partial charge in [0.25, 0.3) is 0 Å². The van der Waals surface area contributed by atoms with Gasteiger partial charge in [0.05, 0.1) is 13.2 Å². The lowest BCUT2D eigenvalue weighted by atomic mass is 9.87. The molecule has 1 heterocycles. The summed E-state index contributed by atoms with van der Waals surface area (Å²) in [5, 5.41) is 8.97. The van der Waals surface area contributed by atoms with Crippen LogP contribution in [-0.4, -0.2) is 67.4 Å².